The first-order valence-electron chi connectivity index (χ1n) is 7.79. The molecule has 0 saturated heterocycles. The summed E-state index contributed by atoms with van der Waals surface area (Å²) in [5.74, 6) is -0.432. The average molecular weight is 335 g/mol. The van der Waals surface area contributed by atoms with Gasteiger partial charge in [0.25, 0.3) is 0 Å². The number of anilines is 3. The van der Waals surface area contributed by atoms with E-state index >= 15 is 0 Å². The summed E-state index contributed by atoms with van der Waals surface area (Å²) in [6.07, 6.45) is 3.45. The summed E-state index contributed by atoms with van der Waals surface area (Å²) < 4.78 is 0. The van der Waals surface area contributed by atoms with Crippen LogP contribution in [0.2, 0.25) is 0 Å². The Morgan fingerprint density at radius 1 is 1.04 bits per heavy atom. The highest BCUT2D eigenvalue weighted by molar-refractivity contribution is 6.03. The summed E-state index contributed by atoms with van der Waals surface area (Å²) in [5.41, 5.74) is 3.85. The number of fused-ring (bicyclic) bond motifs is 1. The topological polar surface area (TPSA) is 87.3 Å². The van der Waals surface area contributed by atoms with Crippen molar-refractivity contribution >= 4 is 40.9 Å². The zero-order valence-electron chi connectivity index (χ0n) is 13.6. The van der Waals surface area contributed by atoms with Gasteiger partial charge in [-0.2, -0.15) is 0 Å². The SMILES string of the molecule is CC(=O)Nc1ccc(C=CC(=O)Nc2ccc3c(c2)CC(=O)N3)cc1. The van der Waals surface area contributed by atoms with E-state index in [0.717, 1.165) is 16.8 Å². The van der Waals surface area contributed by atoms with Crippen molar-refractivity contribution in [1.82, 2.24) is 0 Å². The smallest absolute Gasteiger partial charge is 0.248 e. The molecule has 0 spiro atoms. The van der Waals surface area contributed by atoms with Gasteiger partial charge in [0.1, 0.15) is 0 Å². The maximum absolute atomic E-state index is 12.0. The molecule has 6 nitrogen and oxygen atoms in total. The average Bonchev–Trinajstić information content (AvgIpc) is 2.93. The fourth-order valence-corrected chi connectivity index (χ4v) is 2.54. The van der Waals surface area contributed by atoms with Crippen LogP contribution in [0.4, 0.5) is 17.1 Å². The van der Waals surface area contributed by atoms with E-state index in [1.807, 2.05) is 12.1 Å². The minimum atomic E-state index is -0.261. The van der Waals surface area contributed by atoms with Gasteiger partial charge in [-0.15, -0.1) is 0 Å². The molecule has 0 fully saturated rings. The number of amides is 3. The maximum Gasteiger partial charge on any atom is 0.248 e. The van der Waals surface area contributed by atoms with Gasteiger partial charge in [-0.05, 0) is 47.5 Å². The normalized spacial score (nSPS) is 12.6. The summed E-state index contributed by atoms with van der Waals surface area (Å²) in [7, 11) is 0. The molecule has 0 saturated carbocycles. The van der Waals surface area contributed by atoms with Crippen LogP contribution in [0.25, 0.3) is 6.08 Å². The predicted molar refractivity (Wildman–Crippen MR) is 97.2 cm³/mol. The molecule has 0 aromatic heterocycles. The van der Waals surface area contributed by atoms with E-state index in [-0.39, 0.29) is 17.7 Å². The Hall–Kier alpha value is -3.41. The van der Waals surface area contributed by atoms with E-state index in [4.69, 9.17) is 0 Å². The van der Waals surface area contributed by atoms with E-state index in [9.17, 15) is 14.4 Å². The molecular formula is C19H17N3O3. The molecule has 1 aliphatic heterocycles. The number of hydrogen-bond acceptors (Lipinski definition) is 3. The van der Waals surface area contributed by atoms with Crippen molar-refractivity contribution in [3.8, 4) is 0 Å². The van der Waals surface area contributed by atoms with Gasteiger partial charge in [0.2, 0.25) is 17.7 Å². The summed E-state index contributed by atoms with van der Waals surface area (Å²) in [6.45, 7) is 1.45. The minimum absolute atomic E-state index is 0.0407. The van der Waals surface area contributed by atoms with Crippen LogP contribution in [0.5, 0.6) is 0 Å². The molecule has 0 unspecified atom stereocenters. The van der Waals surface area contributed by atoms with E-state index in [0.29, 0.717) is 17.8 Å². The highest BCUT2D eigenvalue weighted by Crippen LogP contribution is 2.26. The number of nitrogens with one attached hydrogen (secondary N) is 3. The molecule has 3 N–H and O–H groups in total. The third-order valence-corrected chi connectivity index (χ3v) is 3.66. The molecule has 25 heavy (non-hydrogen) atoms. The van der Waals surface area contributed by atoms with Crippen LogP contribution in [0, 0.1) is 0 Å². The van der Waals surface area contributed by atoms with Gasteiger partial charge in [-0.25, -0.2) is 0 Å². The number of carbonyl (C=O) groups excluding carboxylic acids is 3. The molecule has 0 aliphatic carbocycles. The number of carbonyl (C=O) groups is 3. The highest BCUT2D eigenvalue weighted by Gasteiger charge is 2.17. The van der Waals surface area contributed by atoms with Gasteiger partial charge in [-0.3, -0.25) is 14.4 Å². The second-order valence-corrected chi connectivity index (χ2v) is 5.72. The second kappa shape index (κ2) is 7.00. The molecule has 3 rings (SSSR count). The molecule has 1 heterocycles. The van der Waals surface area contributed by atoms with Crippen molar-refractivity contribution in [2.45, 2.75) is 13.3 Å². The highest BCUT2D eigenvalue weighted by atomic mass is 16.2. The molecule has 1 aliphatic rings. The molecule has 2 aromatic rings. The van der Waals surface area contributed by atoms with E-state index in [1.165, 1.54) is 13.0 Å². The predicted octanol–water partition coefficient (Wildman–Crippen LogP) is 2.79. The summed E-state index contributed by atoms with van der Waals surface area (Å²) in [6, 6.07) is 12.5. The van der Waals surface area contributed by atoms with Crippen LogP contribution in [-0.4, -0.2) is 17.7 Å². The van der Waals surface area contributed by atoms with Crippen molar-refractivity contribution in [2.24, 2.45) is 0 Å². The van der Waals surface area contributed by atoms with Crippen molar-refractivity contribution < 1.29 is 14.4 Å². The zero-order chi connectivity index (χ0) is 17.8. The molecule has 0 radical (unpaired) electrons. The van der Waals surface area contributed by atoms with E-state index < -0.39 is 0 Å². The minimum Gasteiger partial charge on any atom is -0.326 e. The van der Waals surface area contributed by atoms with Gasteiger partial charge in [0, 0.05) is 30.1 Å². The Kier molecular flexibility index (Phi) is 4.61. The quantitative estimate of drug-likeness (QED) is 0.751. The lowest BCUT2D eigenvalue weighted by Gasteiger charge is -2.05. The fraction of sp³-hybridized carbons (Fsp3) is 0.105. The Balaban J connectivity index is 1.61. The molecular weight excluding hydrogens is 318 g/mol. The largest absolute Gasteiger partial charge is 0.326 e. The van der Waals surface area contributed by atoms with Gasteiger partial charge < -0.3 is 16.0 Å². The Morgan fingerprint density at radius 3 is 2.48 bits per heavy atom. The van der Waals surface area contributed by atoms with Crippen LogP contribution < -0.4 is 16.0 Å². The Morgan fingerprint density at radius 2 is 1.76 bits per heavy atom. The third kappa shape index (κ3) is 4.32. The lowest BCUT2D eigenvalue weighted by Crippen LogP contribution is -2.07. The molecule has 126 valence electrons. The van der Waals surface area contributed by atoms with Crippen LogP contribution >= 0.6 is 0 Å². The van der Waals surface area contributed by atoms with Gasteiger partial charge in [0.05, 0.1) is 6.42 Å². The summed E-state index contributed by atoms with van der Waals surface area (Å²) >= 11 is 0. The van der Waals surface area contributed by atoms with Crippen molar-refractivity contribution in [3.63, 3.8) is 0 Å². The van der Waals surface area contributed by atoms with Crippen LogP contribution in [0.1, 0.15) is 18.1 Å². The molecule has 0 atom stereocenters. The summed E-state index contributed by atoms with van der Waals surface area (Å²) in [4.78, 5) is 34.3. The molecule has 6 heteroatoms. The molecule has 0 bridgehead atoms. The Bertz CT molecular complexity index is 870. The first kappa shape index (κ1) is 16.4. The van der Waals surface area contributed by atoms with Crippen LogP contribution in [-0.2, 0) is 20.8 Å². The number of hydrogen-bond donors (Lipinski definition) is 3. The van der Waals surface area contributed by atoms with E-state index in [2.05, 4.69) is 16.0 Å². The van der Waals surface area contributed by atoms with Crippen LogP contribution in [0.3, 0.4) is 0 Å². The van der Waals surface area contributed by atoms with Gasteiger partial charge in [-0.1, -0.05) is 12.1 Å². The lowest BCUT2D eigenvalue weighted by molar-refractivity contribution is -0.115. The maximum atomic E-state index is 12.0. The standard InChI is InChI=1S/C19H17N3O3/c1-12(23)20-15-5-2-13(3-6-15)4-9-18(24)21-16-7-8-17-14(10-16)11-19(25)22-17/h2-10H,11H2,1H3,(H,20,23)(H,21,24)(H,22,25). The van der Waals surface area contributed by atoms with Crippen molar-refractivity contribution in [1.29, 1.82) is 0 Å². The first-order chi connectivity index (χ1) is 12.0. The number of rotatable bonds is 4. The van der Waals surface area contributed by atoms with Crippen LogP contribution in [0.15, 0.2) is 48.5 Å². The summed E-state index contributed by atoms with van der Waals surface area (Å²) in [5, 5.41) is 8.20. The van der Waals surface area contributed by atoms with Gasteiger partial charge in [0.15, 0.2) is 0 Å². The van der Waals surface area contributed by atoms with Crippen molar-refractivity contribution in [3.05, 3.63) is 59.7 Å². The third-order valence-electron chi connectivity index (χ3n) is 3.66. The molecule has 2 aromatic carbocycles. The monoisotopic (exact) mass is 335 g/mol. The first-order valence-corrected chi connectivity index (χ1v) is 7.79. The zero-order valence-corrected chi connectivity index (χ0v) is 13.6. The number of benzene rings is 2. The Labute approximate surface area is 144 Å². The lowest BCUT2D eigenvalue weighted by atomic mass is 10.1. The van der Waals surface area contributed by atoms with E-state index in [1.54, 1.807) is 36.4 Å². The molecule has 3 amide bonds. The van der Waals surface area contributed by atoms with Gasteiger partial charge >= 0.3 is 0 Å². The second-order valence-electron chi connectivity index (χ2n) is 5.72. The fourth-order valence-electron chi connectivity index (χ4n) is 2.54. The van der Waals surface area contributed by atoms with Crippen molar-refractivity contribution in [2.75, 3.05) is 16.0 Å².